The monoisotopic (exact) mass is 325 g/mol. The van der Waals surface area contributed by atoms with Gasteiger partial charge in [0.05, 0.1) is 0 Å². The number of alkyl halides is 3. The smallest absolute Gasteiger partial charge is 0.389 e. The molecule has 0 radical (unpaired) electrons. The molecule has 0 aliphatic heterocycles. The van der Waals surface area contributed by atoms with Gasteiger partial charge in [-0.3, -0.25) is 0 Å². The molecule has 0 aliphatic rings. The molecule has 0 aliphatic carbocycles. The standard InChI is InChI=1S/C14H19ClF3NO2/c1-10-7-12(3-4-13(10)15)21-9-11(20)8-19-6-2-5-14(16,17)18/h3-4,7,11,19-20H,2,5-6,8-9H2,1H3. The fourth-order valence-electron chi connectivity index (χ4n) is 1.64. The fourth-order valence-corrected chi connectivity index (χ4v) is 1.76. The summed E-state index contributed by atoms with van der Waals surface area (Å²) >= 11 is 5.88. The number of aliphatic hydroxyl groups is 1. The molecule has 1 unspecified atom stereocenters. The van der Waals surface area contributed by atoms with Crippen molar-refractivity contribution in [3.8, 4) is 5.75 Å². The summed E-state index contributed by atoms with van der Waals surface area (Å²) in [5, 5.41) is 13.1. The van der Waals surface area contributed by atoms with Crippen LogP contribution in [0.5, 0.6) is 5.75 Å². The van der Waals surface area contributed by atoms with E-state index in [-0.39, 0.29) is 26.1 Å². The Kier molecular flexibility index (Phi) is 7.28. The average Bonchev–Trinajstić information content (AvgIpc) is 2.38. The first-order valence-electron chi connectivity index (χ1n) is 6.62. The molecule has 1 rings (SSSR count). The van der Waals surface area contributed by atoms with Gasteiger partial charge in [-0.25, -0.2) is 0 Å². The van der Waals surface area contributed by atoms with Crippen molar-refractivity contribution in [1.29, 1.82) is 0 Å². The summed E-state index contributed by atoms with van der Waals surface area (Å²) < 4.78 is 41.1. The highest BCUT2D eigenvalue weighted by Crippen LogP contribution is 2.21. The molecule has 0 bridgehead atoms. The first kappa shape index (κ1) is 18.1. The molecular weight excluding hydrogens is 307 g/mol. The van der Waals surface area contributed by atoms with Gasteiger partial charge in [0.15, 0.2) is 0 Å². The topological polar surface area (TPSA) is 41.5 Å². The van der Waals surface area contributed by atoms with Gasteiger partial charge in [0.25, 0.3) is 0 Å². The number of hydrogen-bond donors (Lipinski definition) is 2. The van der Waals surface area contributed by atoms with Crippen LogP contribution in [0.25, 0.3) is 0 Å². The minimum atomic E-state index is -4.13. The van der Waals surface area contributed by atoms with Gasteiger partial charge < -0.3 is 15.2 Å². The zero-order valence-electron chi connectivity index (χ0n) is 11.7. The number of aryl methyl sites for hydroxylation is 1. The van der Waals surface area contributed by atoms with Crippen LogP contribution in [0.3, 0.4) is 0 Å². The Morgan fingerprint density at radius 1 is 1.38 bits per heavy atom. The quantitative estimate of drug-likeness (QED) is 0.720. The second-order valence-electron chi connectivity index (χ2n) is 4.80. The Morgan fingerprint density at radius 3 is 2.71 bits per heavy atom. The van der Waals surface area contributed by atoms with Crippen LogP contribution in [-0.2, 0) is 0 Å². The molecule has 3 nitrogen and oxygen atoms in total. The van der Waals surface area contributed by atoms with Crippen molar-refractivity contribution in [2.75, 3.05) is 19.7 Å². The summed E-state index contributed by atoms with van der Waals surface area (Å²) in [5.41, 5.74) is 0.869. The van der Waals surface area contributed by atoms with Crippen molar-refractivity contribution in [2.45, 2.75) is 32.0 Å². The van der Waals surface area contributed by atoms with Crippen molar-refractivity contribution in [3.63, 3.8) is 0 Å². The van der Waals surface area contributed by atoms with E-state index in [4.69, 9.17) is 16.3 Å². The van der Waals surface area contributed by atoms with Gasteiger partial charge in [-0.1, -0.05) is 11.6 Å². The second-order valence-corrected chi connectivity index (χ2v) is 5.21. The predicted molar refractivity (Wildman–Crippen MR) is 75.8 cm³/mol. The van der Waals surface area contributed by atoms with E-state index >= 15 is 0 Å². The molecule has 0 saturated carbocycles. The van der Waals surface area contributed by atoms with Crippen molar-refractivity contribution >= 4 is 11.6 Å². The lowest BCUT2D eigenvalue weighted by molar-refractivity contribution is -0.135. The third kappa shape index (κ3) is 8.14. The molecule has 1 atom stereocenters. The second kappa shape index (κ2) is 8.46. The van der Waals surface area contributed by atoms with Gasteiger partial charge in [-0.05, 0) is 43.7 Å². The molecular formula is C14H19ClF3NO2. The number of halogens is 4. The largest absolute Gasteiger partial charge is 0.491 e. The van der Waals surface area contributed by atoms with E-state index in [0.717, 1.165) is 5.56 Å². The minimum absolute atomic E-state index is 0.00649. The van der Waals surface area contributed by atoms with Gasteiger partial charge in [0.2, 0.25) is 0 Å². The first-order chi connectivity index (χ1) is 9.78. The molecule has 1 aromatic rings. The van der Waals surface area contributed by atoms with Crippen molar-refractivity contribution in [1.82, 2.24) is 5.32 Å². The van der Waals surface area contributed by atoms with Crippen molar-refractivity contribution in [3.05, 3.63) is 28.8 Å². The summed E-state index contributed by atoms with van der Waals surface area (Å²) in [5.74, 6) is 0.591. The van der Waals surface area contributed by atoms with E-state index in [1.165, 1.54) is 0 Å². The highest BCUT2D eigenvalue weighted by atomic mass is 35.5. The lowest BCUT2D eigenvalue weighted by atomic mass is 10.2. The fraction of sp³-hybridized carbons (Fsp3) is 0.571. The molecule has 7 heteroatoms. The molecule has 0 saturated heterocycles. The molecule has 0 aromatic heterocycles. The summed E-state index contributed by atoms with van der Waals surface area (Å²) in [4.78, 5) is 0. The number of ether oxygens (including phenoxy) is 1. The minimum Gasteiger partial charge on any atom is -0.491 e. The average molecular weight is 326 g/mol. The molecule has 0 fully saturated rings. The van der Waals surface area contributed by atoms with Crippen LogP contribution in [0.1, 0.15) is 18.4 Å². The Balaban J connectivity index is 2.16. The van der Waals surface area contributed by atoms with Crippen LogP contribution in [0.4, 0.5) is 13.2 Å². The maximum Gasteiger partial charge on any atom is 0.389 e. The van der Waals surface area contributed by atoms with Gasteiger partial charge in [0.1, 0.15) is 18.5 Å². The van der Waals surface area contributed by atoms with Crippen molar-refractivity contribution < 1.29 is 23.0 Å². The lowest BCUT2D eigenvalue weighted by Crippen LogP contribution is -2.32. The summed E-state index contributed by atoms with van der Waals surface area (Å²) in [6.45, 7) is 2.29. The molecule has 2 N–H and O–H groups in total. The Morgan fingerprint density at radius 2 is 2.10 bits per heavy atom. The van der Waals surface area contributed by atoms with Gasteiger partial charge in [0, 0.05) is 18.0 Å². The van der Waals surface area contributed by atoms with Crippen LogP contribution in [0.2, 0.25) is 5.02 Å². The van der Waals surface area contributed by atoms with Gasteiger partial charge in [-0.15, -0.1) is 0 Å². The Bertz CT molecular complexity index is 441. The molecule has 120 valence electrons. The Labute approximate surface area is 127 Å². The summed E-state index contributed by atoms with van der Waals surface area (Å²) in [7, 11) is 0. The van der Waals surface area contributed by atoms with E-state index in [1.807, 2.05) is 6.92 Å². The molecule has 0 amide bonds. The van der Waals surface area contributed by atoms with E-state index in [0.29, 0.717) is 10.8 Å². The number of aliphatic hydroxyl groups excluding tert-OH is 1. The van der Waals surface area contributed by atoms with Crippen LogP contribution in [0.15, 0.2) is 18.2 Å². The Hall–Kier alpha value is -0.980. The number of nitrogens with one attached hydrogen (secondary N) is 1. The SMILES string of the molecule is Cc1cc(OCC(O)CNCCCC(F)(F)F)ccc1Cl. The zero-order valence-corrected chi connectivity index (χ0v) is 12.5. The third-order valence-corrected chi connectivity index (χ3v) is 3.19. The zero-order chi connectivity index (χ0) is 15.9. The van der Waals surface area contributed by atoms with Gasteiger partial charge in [-0.2, -0.15) is 13.2 Å². The highest BCUT2D eigenvalue weighted by Gasteiger charge is 2.25. The van der Waals surface area contributed by atoms with Crippen LogP contribution in [-0.4, -0.2) is 37.1 Å². The number of rotatable bonds is 8. The number of benzene rings is 1. The molecule has 1 aromatic carbocycles. The summed E-state index contributed by atoms with van der Waals surface area (Å²) in [6, 6.07) is 5.15. The first-order valence-corrected chi connectivity index (χ1v) is 7.00. The summed E-state index contributed by atoms with van der Waals surface area (Å²) in [6.07, 6.45) is -5.74. The van der Waals surface area contributed by atoms with Crippen LogP contribution < -0.4 is 10.1 Å². The predicted octanol–water partition coefficient (Wildman–Crippen LogP) is 3.32. The number of hydrogen-bond acceptors (Lipinski definition) is 3. The normalized spacial score (nSPS) is 13.2. The highest BCUT2D eigenvalue weighted by molar-refractivity contribution is 6.31. The maximum absolute atomic E-state index is 11.9. The van der Waals surface area contributed by atoms with Gasteiger partial charge >= 0.3 is 6.18 Å². The van der Waals surface area contributed by atoms with Crippen molar-refractivity contribution in [2.24, 2.45) is 0 Å². The third-order valence-electron chi connectivity index (χ3n) is 2.77. The van der Waals surface area contributed by atoms with Crippen LogP contribution >= 0.6 is 11.6 Å². The molecule has 0 heterocycles. The van der Waals surface area contributed by atoms with E-state index < -0.39 is 18.7 Å². The van der Waals surface area contributed by atoms with E-state index in [1.54, 1.807) is 18.2 Å². The van der Waals surface area contributed by atoms with Crippen LogP contribution in [0, 0.1) is 6.92 Å². The molecule has 21 heavy (non-hydrogen) atoms. The lowest BCUT2D eigenvalue weighted by Gasteiger charge is -2.14. The maximum atomic E-state index is 11.9. The van der Waals surface area contributed by atoms with E-state index in [9.17, 15) is 18.3 Å². The van der Waals surface area contributed by atoms with E-state index in [2.05, 4.69) is 5.32 Å². The molecule has 0 spiro atoms.